The van der Waals surface area contributed by atoms with Crippen LogP contribution in [0.2, 0.25) is 0 Å². The van der Waals surface area contributed by atoms with Gasteiger partial charge in [-0.1, -0.05) is 79.9 Å². The van der Waals surface area contributed by atoms with Crippen LogP contribution in [-0.2, 0) is 10.4 Å². The van der Waals surface area contributed by atoms with E-state index in [1.807, 2.05) is 74.7 Å². The molecule has 4 rings (SSSR count). The van der Waals surface area contributed by atoms with Crippen molar-refractivity contribution in [1.82, 2.24) is 20.9 Å². The van der Waals surface area contributed by atoms with Crippen molar-refractivity contribution in [3.63, 3.8) is 0 Å². The van der Waals surface area contributed by atoms with Crippen LogP contribution in [-0.4, -0.2) is 17.5 Å². The lowest BCUT2D eigenvalue weighted by Crippen LogP contribution is -2.60. The molecule has 1 aromatic carbocycles. The van der Waals surface area contributed by atoms with Crippen molar-refractivity contribution in [1.29, 1.82) is 0 Å². The monoisotopic (exact) mass is 465 g/mol. The normalized spacial score (nSPS) is 24.3. The molecule has 0 amide bonds. The number of pyridine rings is 1. The van der Waals surface area contributed by atoms with Gasteiger partial charge < -0.3 is 15.4 Å². The van der Waals surface area contributed by atoms with Crippen LogP contribution in [0.5, 0.6) is 0 Å². The van der Waals surface area contributed by atoms with Gasteiger partial charge in [-0.2, -0.15) is 0 Å². The molecule has 0 radical (unpaired) electrons. The number of hydrogen-bond donors (Lipinski definition) is 3. The summed E-state index contributed by atoms with van der Waals surface area (Å²) in [5.41, 5.74) is 3.94. The molecule has 2 aliphatic heterocycles. The van der Waals surface area contributed by atoms with E-state index in [-0.39, 0.29) is 12.4 Å². The number of nitrogens with zero attached hydrogens (tertiary/aromatic N) is 2. The van der Waals surface area contributed by atoms with Gasteiger partial charge in [0.2, 0.25) is 6.23 Å². The Kier molecular flexibility index (Phi) is 7.43. The summed E-state index contributed by atoms with van der Waals surface area (Å²) in [5, 5.41) is 10.5. The minimum absolute atomic E-state index is 0.270. The number of benzene rings is 1. The van der Waals surface area contributed by atoms with Crippen LogP contribution in [0.25, 0.3) is 0 Å². The third-order valence-electron chi connectivity index (χ3n) is 5.85. The maximum absolute atomic E-state index is 6.02. The molecule has 1 aromatic heterocycles. The standard InChI is InChI=1S/C29H31N5O/c1-5-12-21(13-6-2)27-31-20-32-29(34-27,22-15-10-9-11-16-22)23-17-18-25(30-19-23)28-33-24(14-7-3)26(8-4)35-28/h5-20,27-28,33-34H,1,4H2,2-3H3,(H,31,32)/b13-6-,14-7-,21-12+. The van der Waals surface area contributed by atoms with Crippen LogP contribution in [0.3, 0.4) is 0 Å². The fraction of sp³-hybridized carbons (Fsp3) is 0.172. The van der Waals surface area contributed by atoms with E-state index < -0.39 is 5.66 Å². The first-order valence-electron chi connectivity index (χ1n) is 11.6. The highest BCUT2D eigenvalue weighted by atomic mass is 16.5. The zero-order valence-electron chi connectivity index (χ0n) is 20.1. The molecule has 3 atom stereocenters. The summed E-state index contributed by atoms with van der Waals surface area (Å²) in [6.45, 7) is 11.7. The number of nitrogens with one attached hydrogen (secondary N) is 3. The first-order valence-corrected chi connectivity index (χ1v) is 11.6. The van der Waals surface area contributed by atoms with Crippen molar-refractivity contribution >= 4 is 6.34 Å². The van der Waals surface area contributed by atoms with Gasteiger partial charge in [0.15, 0.2) is 0 Å². The maximum Gasteiger partial charge on any atom is 0.213 e. The average molecular weight is 466 g/mol. The summed E-state index contributed by atoms with van der Waals surface area (Å²) in [5.74, 6) is 0.708. The molecule has 0 fully saturated rings. The molecule has 2 aliphatic rings. The second kappa shape index (κ2) is 10.8. The lowest BCUT2D eigenvalue weighted by Gasteiger charge is -2.41. The van der Waals surface area contributed by atoms with E-state index >= 15 is 0 Å². The van der Waals surface area contributed by atoms with Crippen molar-refractivity contribution in [3.8, 4) is 0 Å². The molecule has 178 valence electrons. The molecule has 2 aromatic rings. The van der Waals surface area contributed by atoms with Gasteiger partial charge in [-0.05, 0) is 43.2 Å². The number of allylic oxidation sites excluding steroid dienone is 6. The minimum atomic E-state index is -0.731. The van der Waals surface area contributed by atoms with Crippen molar-refractivity contribution in [2.45, 2.75) is 31.9 Å². The summed E-state index contributed by atoms with van der Waals surface area (Å²) in [6.07, 6.45) is 16.4. The smallest absolute Gasteiger partial charge is 0.213 e. The van der Waals surface area contributed by atoms with Gasteiger partial charge in [-0.15, -0.1) is 0 Å². The number of aliphatic imine (C=N–C) groups is 1. The van der Waals surface area contributed by atoms with E-state index in [0.717, 1.165) is 28.1 Å². The van der Waals surface area contributed by atoms with Gasteiger partial charge in [0.1, 0.15) is 23.3 Å². The Labute approximate surface area is 207 Å². The van der Waals surface area contributed by atoms with Gasteiger partial charge in [0.25, 0.3) is 0 Å². The summed E-state index contributed by atoms with van der Waals surface area (Å²) in [4.78, 5) is 9.42. The van der Waals surface area contributed by atoms with Crippen LogP contribution in [0.4, 0.5) is 0 Å². The average Bonchev–Trinajstić information content (AvgIpc) is 3.32. The highest BCUT2D eigenvalue weighted by Crippen LogP contribution is 2.32. The molecule has 3 heterocycles. The fourth-order valence-corrected chi connectivity index (χ4v) is 4.22. The maximum atomic E-state index is 6.02. The van der Waals surface area contributed by atoms with E-state index in [1.165, 1.54) is 0 Å². The quantitative estimate of drug-likeness (QED) is 0.473. The van der Waals surface area contributed by atoms with Crippen molar-refractivity contribution in [2.75, 3.05) is 0 Å². The minimum Gasteiger partial charge on any atom is -0.463 e. The molecule has 0 aliphatic carbocycles. The van der Waals surface area contributed by atoms with Crippen LogP contribution < -0.4 is 16.0 Å². The molecule has 6 heteroatoms. The topological polar surface area (TPSA) is 70.6 Å². The first kappa shape index (κ1) is 24.0. The van der Waals surface area contributed by atoms with Crippen molar-refractivity contribution in [2.24, 2.45) is 4.99 Å². The lowest BCUT2D eigenvalue weighted by atomic mass is 9.90. The molecule has 6 nitrogen and oxygen atoms in total. The van der Waals surface area contributed by atoms with Crippen LogP contribution in [0.1, 0.15) is 36.9 Å². The summed E-state index contributed by atoms with van der Waals surface area (Å²) < 4.78 is 6.02. The Morgan fingerprint density at radius 3 is 2.54 bits per heavy atom. The number of hydrogen-bond acceptors (Lipinski definition) is 6. The van der Waals surface area contributed by atoms with E-state index in [9.17, 15) is 0 Å². The van der Waals surface area contributed by atoms with E-state index in [2.05, 4.69) is 52.3 Å². The van der Waals surface area contributed by atoms with E-state index in [0.29, 0.717) is 5.76 Å². The van der Waals surface area contributed by atoms with Crippen molar-refractivity contribution < 1.29 is 4.74 Å². The Morgan fingerprint density at radius 2 is 1.89 bits per heavy atom. The Hall–Kier alpha value is -4.16. The summed E-state index contributed by atoms with van der Waals surface area (Å²) in [7, 11) is 0. The van der Waals surface area contributed by atoms with Crippen molar-refractivity contribution in [3.05, 3.63) is 138 Å². The number of aromatic nitrogens is 1. The van der Waals surface area contributed by atoms with E-state index in [1.54, 1.807) is 18.5 Å². The largest absolute Gasteiger partial charge is 0.463 e. The molecular weight excluding hydrogens is 434 g/mol. The first-order chi connectivity index (χ1) is 17.1. The Morgan fingerprint density at radius 1 is 1.06 bits per heavy atom. The van der Waals surface area contributed by atoms with Gasteiger partial charge in [0.05, 0.1) is 12.0 Å². The second-order valence-corrected chi connectivity index (χ2v) is 8.08. The SMILES string of the molecule is C=C/C=C(\C=C/C)C1N=CNC(c2ccccc2)(c2ccc(C3NC(/C=C\C)=C(C=C)O3)nc2)N1. The third-order valence-corrected chi connectivity index (χ3v) is 5.85. The number of rotatable bonds is 8. The zero-order chi connectivity index (χ0) is 24.7. The molecule has 0 saturated carbocycles. The molecule has 3 unspecified atom stereocenters. The second-order valence-electron chi connectivity index (χ2n) is 8.08. The summed E-state index contributed by atoms with van der Waals surface area (Å²) in [6, 6.07) is 14.3. The molecule has 0 saturated heterocycles. The van der Waals surface area contributed by atoms with Gasteiger partial charge in [0, 0.05) is 11.8 Å². The highest BCUT2D eigenvalue weighted by Gasteiger charge is 2.39. The van der Waals surface area contributed by atoms with E-state index in [4.69, 9.17) is 9.72 Å². The van der Waals surface area contributed by atoms with Crippen LogP contribution in [0.15, 0.2) is 126 Å². The molecule has 0 spiro atoms. The van der Waals surface area contributed by atoms with Gasteiger partial charge >= 0.3 is 0 Å². The third kappa shape index (κ3) is 4.88. The predicted molar refractivity (Wildman–Crippen MR) is 142 cm³/mol. The fourth-order valence-electron chi connectivity index (χ4n) is 4.22. The van der Waals surface area contributed by atoms with Gasteiger partial charge in [-0.25, -0.2) is 0 Å². The molecular formula is C29H31N5O. The molecule has 35 heavy (non-hydrogen) atoms. The van der Waals surface area contributed by atoms with Crippen LogP contribution in [0, 0.1) is 0 Å². The zero-order valence-corrected chi connectivity index (χ0v) is 20.1. The molecule has 3 N–H and O–H groups in total. The Bertz CT molecular complexity index is 1210. The van der Waals surface area contributed by atoms with Gasteiger partial charge in [-0.3, -0.25) is 15.3 Å². The summed E-state index contributed by atoms with van der Waals surface area (Å²) >= 11 is 0. The lowest BCUT2D eigenvalue weighted by molar-refractivity contribution is 0.133. The Balaban J connectivity index is 1.69. The molecule has 0 bridgehead atoms. The predicted octanol–water partition coefficient (Wildman–Crippen LogP) is 5.11. The van der Waals surface area contributed by atoms with Crippen LogP contribution >= 0.6 is 0 Å². The number of ether oxygens (including phenoxy) is 1. The highest BCUT2D eigenvalue weighted by molar-refractivity contribution is 5.62.